The monoisotopic (exact) mass is 566 g/mol. The molecule has 1 aliphatic rings. The molecule has 2 atom stereocenters. The number of halogens is 2. The highest BCUT2D eigenvalue weighted by Crippen LogP contribution is 2.40. The summed E-state index contributed by atoms with van der Waals surface area (Å²) < 4.78 is 0. The predicted molar refractivity (Wildman–Crippen MR) is 155 cm³/mol. The average molecular weight is 568 g/mol. The number of nitrogens with one attached hydrogen (secondary N) is 1. The standard InChI is InChI=1S/C31H32Cl2N2O4/c1-2-30(11-4-12-35-30)20-31(39,25-8-10-28(37)24(16-25)19-36)17-22-6-3-5-21(13-22)15-29(38)34-18-23-7-9-26(32)27(33)14-23/h3-14,16,36-37,39H,2,15,17-20H2,1H3,(H,34,38). The topological polar surface area (TPSA) is 102 Å². The SMILES string of the molecule is CCC1(CC(O)(Cc2cccc(CC(=O)NCc3ccc(Cl)c(Cl)c3)c2)c2ccc(O)c(CO)c2)C=CC=N1. The van der Waals surface area contributed by atoms with Gasteiger partial charge in [0.2, 0.25) is 5.91 Å². The summed E-state index contributed by atoms with van der Waals surface area (Å²) in [5, 5.41) is 35.8. The van der Waals surface area contributed by atoms with Gasteiger partial charge in [-0.3, -0.25) is 9.79 Å². The smallest absolute Gasteiger partial charge is 0.224 e. The lowest BCUT2D eigenvalue weighted by atomic mass is 9.75. The van der Waals surface area contributed by atoms with Crippen LogP contribution in [0.2, 0.25) is 10.0 Å². The molecule has 3 aromatic carbocycles. The van der Waals surface area contributed by atoms with Crippen molar-refractivity contribution in [2.45, 2.75) is 56.9 Å². The second kappa shape index (κ2) is 12.3. The lowest BCUT2D eigenvalue weighted by Gasteiger charge is -2.36. The highest BCUT2D eigenvalue weighted by molar-refractivity contribution is 6.42. The van der Waals surface area contributed by atoms with E-state index in [1.165, 1.54) is 6.07 Å². The Hall–Kier alpha value is -3.16. The third-order valence-electron chi connectivity index (χ3n) is 7.15. The van der Waals surface area contributed by atoms with E-state index in [0.717, 1.165) is 16.7 Å². The van der Waals surface area contributed by atoms with Crippen LogP contribution in [-0.4, -0.2) is 33.0 Å². The minimum Gasteiger partial charge on any atom is -0.508 e. The van der Waals surface area contributed by atoms with Crippen LogP contribution in [0.4, 0.5) is 0 Å². The Labute approximate surface area is 238 Å². The van der Waals surface area contributed by atoms with E-state index in [1.807, 2.05) is 49.4 Å². The van der Waals surface area contributed by atoms with E-state index in [-0.39, 0.29) is 31.1 Å². The second-order valence-corrected chi connectivity index (χ2v) is 10.8. The molecular weight excluding hydrogens is 535 g/mol. The first kappa shape index (κ1) is 28.8. The van der Waals surface area contributed by atoms with E-state index in [2.05, 4.69) is 10.3 Å². The van der Waals surface area contributed by atoms with E-state index in [0.29, 0.717) is 40.6 Å². The van der Waals surface area contributed by atoms with Crippen LogP contribution < -0.4 is 5.32 Å². The Morgan fingerprint density at radius 2 is 1.82 bits per heavy atom. The van der Waals surface area contributed by atoms with Gasteiger partial charge in [-0.05, 0) is 59.0 Å². The van der Waals surface area contributed by atoms with E-state index >= 15 is 0 Å². The summed E-state index contributed by atoms with van der Waals surface area (Å²) in [6.45, 7) is 2.01. The number of nitrogens with zero attached hydrogens (tertiary/aromatic N) is 1. The molecule has 4 N–H and O–H groups in total. The Morgan fingerprint density at radius 1 is 1.03 bits per heavy atom. The summed E-state index contributed by atoms with van der Waals surface area (Å²) in [5.41, 5.74) is 1.52. The van der Waals surface area contributed by atoms with Crippen LogP contribution in [0.15, 0.2) is 77.8 Å². The normalized spacial score (nSPS) is 17.8. The molecule has 1 amide bonds. The number of hydrogen-bond donors (Lipinski definition) is 4. The summed E-state index contributed by atoms with van der Waals surface area (Å²) >= 11 is 12.0. The van der Waals surface area contributed by atoms with Gasteiger partial charge >= 0.3 is 0 Å². The zero-order valence-electron chi connectivity index (χ0n) is 21.7. The van der Waals surface area contributed by atoms with Gasteiger partial charge in [0.05, 0.1) is 34.2 Å². The van der Waals surface area contributed by atoms with E-state index < -0.39 is 11.1 Å². The van der Waals surface area contributed by atoms with Crippen molar-refractivity contribution in [3.05, 3.63) is 111 Å². The molecule has 8 heteroatoms. The van der Waals surface area contributed by atoms with Crippen molar-refractivity contribution in [2.24, 2.45) is 4.99 Å². The van der Waals surface area contributed by atoms with Crippen molar-refractivity contribution >= 4 is 35.3 Å². The second-order valence-electron chi connectivity index (χ2n) is 10.0. The van der Waals surface area contributed by atoms with E-state index in [1.54, 1.807) is 30.5 Å². The zero-order chi connectivity index (χ0) is 28.0. The Balaban J connectivity index is 1.54. The van der Waals surface area contributed by atoms with Gasteiger partial charge in [0.25, 0.3) is 0 Å². The molecule has 0 aromatic heterocycles. The molecule has 6 nitrogen and oxygen atoms in total. The maximum Gasteiger partial charge on any atom is 0.224 e. The van der Waals surface area contributed by atoms with Gasteiger partial charge in [-0.1, -0.05) is 72.6 Å². The lowest BCUT2D eigenvalue weighted by Crippen LogP contribution is -2.38. The molecule has 3 aromatic rings. The molecule has 0 radical (unpaired) electrons. The fourth-order valence-electron chi connectivity index (χ4n) is 4.96. The first-order valence-electron chi connectivity index (χ1n) is 12.8. The molecule has 2 unspecified atom stereocenters. The van der Waals surface area contributed by atoms with Crippen molar-refractivity contribution < 1.29 is 20.1 Å². The van der Waals surface area contributed by atoms with Crippen LogP contribution in [0.1, 0.15) is 47.6 Å². The molecule has 1 aliphatic heterocycles. The van der Waals surface area contributed by atoms with Crippen molar-refractivity contribution in [3.63, 3.8) is 0 Å². The molecule has 0 saturated carbocycles. The third-order valence-corrected chi connectivity index (χ3v) is 7.89. The number of benzene rings is 3. The fourth-order valence-corrected chi connectivity index (χ4v) is 5.28. The molecule has 1 heterocycles. The number of carbonyl (C=O) groups is 1. The van der Waals surface area contributed by atoms with Gasteiger partial charge in [0, 0.05) is 31.2 Å². The summed E-state index contributed by atoms with van der Waals surface area (Å²) in [5.74, 6) is -0.170. The fraction of sp³-hybridized carbons (Fsp3) is 0.290. The molecule has 0 saturated heterocycles. The quantitative estimate of drug-likeness (QED) is 0.240. The summed E-state index contributed by atoms with van der Waals surface area (Å²) in [7, 11) is 0. The molecule has 0 bridgehead atoms. The van der Waals surface area contributed by atoms with Crippen LogP contribution >= 0.6 is 23.2 Å². The van der Waals surface area contributed by atoms with Crippen molar-refractivity contribution in [2.75, 3.05) is 0 Å². The van der Waals surface area contributed by atoms with Gasteiger partial charge < -0.3 is 20.6 Å². The number of phenols is 1. The number of aliphatic hydroxyl groups excluding tert-OH is 1. The molecule has 0 fully saturated rings. The van der Waals surface area contributed by atoms with Gasteiger partial charge in [-0.25, -0.2) is 0 Å². The third kappa shape index (κ3) is 7.08. The van der Waals surface area contributed by atoms with Crippen LogP contribution in [0.5, 0.6) is 5.75 Å². The number of hydrogen-bond acceptors (Lipinski definition) is 5. The Morgan fingerprint density at radius 3 is 2.51 bits per heavy atom. The predicted octanol–water partition coefficient (Wildman–Crippen LogP) is 5.66. The van der Waals surface area contributed by atoms with Crippen molar-refractivity contribution in [3.8, 4) is 5.75 Å². The highest BCUT2D eigenvalue weighted by atomic mass is 35.5. The number of amides is 1. The minimum absolute atomic E-state index is 0.0264. The Kier molecular flexibility index (Phi) is 9.13. The van der Waals surface area contributed by atoms with E-state index in [9.17, 15) is 20.1 Å². The van der Waals surface area contributed by atoms with Gasteiger partial charge in [0.1, 0.15) is 5.75 Å². The molecule has 39 heavy (non-hydrogen) atoms. The number of rotatable bonds is 11. The molecule has 4 rings (SSSR count). The van der Waals surface area contributed by atoms with Gasteiger partial charge in [-0.2, -0.15) is 0 Å². The molecule has 0 aliphatic carbocycles. The van der Waals surface area contributed by atoms with Crippen LogP contribution in [0.25, 0.3) is 0 Å². The van der Waals surface area contributed by atoms with E-state index in [4.69, 9.17) is 23.2 Å². The van der Waals surface area contributed by atoms with Crippen LogP contribution in [-0.2, 0) is 36.4 Å². The molecule has 0 spiro atoms. The maximum atomic E-state index is 12.7. The van der Waals surface area contributed by atoms with Crippen LogP contribution in [0.3, 0.4) is 0 Å². The van der Waals surface area contributed by atoms with Crippen molar-refractivity contribution in [1.82, 2.24) is 5.32 Å². The zero-order valence-corrected chi connectivity index (χ0v) is 23.2. The van der Waals surface area contributed by atoms with Gasteiger partial charge in [-0.15, -0.1) is 0 Å². The summed E-state index contributed by atoms with van der Waals surface area (Å²) in [6, 6.07) is 17.6. The van der Waals surface area contributed by atoms with Crippen molar-refractivity contribution in [1.29, 1.82) is 0 Å². The summed E-state index contributed by atoms with van der Waals surface area (Å²) in [6.07, 6.45) is 7.08. The minimum atomic E-state index is -1.35. The number of aliphatic imine (C=N–C) groups is 1. The lowest BCUT2D eigenvalue weighted by molar-refractivity contribution is -0.120. The highest BCUT2D eigenvalue weighted by Gasteiger charge is 2.40. The van der Waals surface area contributed by atoms with Crippen LogP contribution in [0, 0.1) is 0 Å². The number of allylic oxidation sites excluding steroid dienone is 1. The summed E-state index contributed by atoms with van der Waals surface area (Å²) in [4.78, 5) is 17.3. The van der Waals surface area contributed by atoms with Gasteiger partial charge in [0.15, 0.2) is 0 Å². The Bertz CT molecular complexity index is 1390. The first-order valence-corrected chi connectivity index (χ1v) is 13.6. The average Bonchev–Trinajstić information content (AvgIpc) is 3.38. The first-order chi connectivity index (χ1) is 18.6. The molecule has 204 valence electrons. The molecular formula is C31H32Cl2N2O4. The number of aliphatic hydroxyl groups is 2. The largest absolute Gasteiger partial charge is 0.508 e. The number of carbonyl (C=O) groups excluding carboxylic acids is 1. The number of aromatic hydroxyl groups is 1. The maximum absolute atomic E-state index is 12.7.